The summed E-state index contributed by atoms with van der Waals surface area (Å²) in [5.41, 5.74) is 2.69. The first-order chi connectivity index (χ1) is 7.69. The predicted molar refractivity (Wildman–Crippen MR) is 70.8 cm³/mol. The molecule has 0 unspecified atom stereocenters. The van der Waals surface area contributed by atoms with Gasteiger partial charge in [-0.3, -0.25) is 0 Å². The van der Waals surface area contributed by atoms with Crippen molar-refractivity contribution in [1.82, 2.24) is 0 Å². The van der Waals surface area contributed by atoms with Crippen molar-refractivity contribution in [3.05, 3.63) is 47.5 Å². The molecule has 0 aliphatic heterocycles. The van der Waals surface area contributed by atoms with Crippen LogP contribution in [-0.2, 0) is 0 Å². The summed E-state index contributed by atoms with van der Waals surface area (Å²) < 4.78 is 0. The number of aliphatic hydroxyl groups is 1. The molecule has 2 aromatic rings. The van der Waals surface area contributed by atoms with E-state index in [4.69, 9.17) is 5.11 Å². The molecule has 0 atom stereocenters. The van der Waals surface area contributed by atoms with Crippen LogP contribution in [0.3, 0.4) is 0 Å². The first kappa shape index (κ1) is 12.7. The van der Waals surface area contributed by atoms with E-state index < -0.39 is 0 Å². The molecule has 86 valence electrons. The maximum Gasteiger partial charge on any atom is 0.0428 e. The normalized spacial score (nSPS) is 9.75. The summed E-state index contributed by atoms with van der Waals surface area (Å²) >= 11 is 0. The van der Waals surface area contributed by atoms with Crippen molar-refractivity contribution in [2.75, 3.05) is 6.61 Å². The van der Waals surface area contributed by atoms with Gasteiger partial charge in [0.15, 0.2) is 0 Å². The van der Waals surface area contributed by atoms with Crippen molar-refractivity contribution >= 4 is 10.8 Å². The molecule has 0 bridgehead atoms. The summed E-state index contributed by atoms with van der Waals surface area (Å²) in [6.45, 7) is 6.54. The van der Waals surface area contributed by atoms with Crippen molar-refractivity contribution in [2.24, 2.45) is 0 Å². The Balaban J connectivity index is 0.000000280. The van der Waals surface area contributed by atoms with E-state index in [1.807, 2.05) is 6.92 Å². The van der Waals surface area contributed by atoms with Crippen LogP contribution in [0.4, 0.5) is 0 Å². The fourth-order valence-electron chi connectivity index (χ4n) is 1.54. The monoisotopic (exact) mass is 216 g/mol. The average Bonchev–Trinajstić information content (AvgIpc) is 2.31. The fraction of sp³-hybridized carbons (Fsp3) is 0.333. The van der Waals surface area contributed by atoms with E-state index >= 15 is 0 Å². The van der Waals surface area contributed by atoms with Crippen molar-refractivity contribution in [2.45, 2.75) is 27.2 Å². The first-order valence-electron chi connectivity index (χ1n) is 5.76. The quantitative estimate of drug-likeness (QED) is 0.767. The Morgan fingerprint density at radius 2 is 1.75 bits per heavy atom. The summed E-state index contributed by atoms with van der Waals surface area (Å²) in [5, 5.41) is 10.6. The van der Waals surface area contributed by atoms with Gasteiger partial charge in [-0.15, -0.1) is 0 Å². The van der Waals surface area contributed by atoms with Crippen LogP contribution in [0.25, 0.3) is 10.8 Å². The zero-order valence-electron chi connectivity index (χ0n) is 10.3. The van der Waals surface area contributed by atoms with Crippen molar-refractivity contribution in [3.8, 4) is 0 Å². The van der Waals surface area contributed by atoms with Gasteiger partial charge in [0.2, 0.25) is 0 Å². The number of rotatable bonds is 1. The highest BCUT2D eigenvalue weighted by atomic mass is 16.2. The predicted octanol–water partition coefficient (Wildman–Crippen LogP) is 3.85. The van der Waals surface area contributed by atoms with Crippen LogP contribution in [0, 0.1) is 13.8 Å². The topological polar surface area (TPSA) is 20.2 Å². The summed E-state index contributed by atoms with van der Waals surface area (Å²) in [5.74, 6) is 0. The van der Waals surface area contributed by atoms with Crippen LogP contribution in [0.1, 0.15) is 24.5 Å². The lowest BCUT2D eigenvalue weighted by Gasteiger charge is -2.01. The summed E-state index contributed by atoms with van der Waals surface area (Å²) in [7, 11) is 0. The van der Waals surface area contributed by atoms with Crippen molar-refractivity contribution in [3.63, 3.8) is 0 Å². The minimum absolute atomic E-state index is 0.319. The molecule has 0 radical (unpaired) electrons. The number of aliphatic hydroxyl groups excluding tert-OH is 1. The van der Waals surface area contributed by atoms with E-state index in [9.17, 15) is 0 Å². The molecule has 2 aromatic carbocycles. The first-order valence-corrected chi connectivity index (χ1v) is 5.76. The Kier molecular flexibility index (Phi) is 5.00. The number of benzene rings is 2. The van der Waals surface area contributed by atoms with E-state index in [1.165, 1.54) is 21.9 Å². The van der Waals surface area contributed by atoms with Crippen LogP contribution < -0.4 is 0 Å². The molecule has 0 aliphatic carbocycles. The zero-order chi connectivity index (χ0) is 12.0. The van der Waals surface area contributed by atoms with E-state index in [1.54, 1.807) is 0 Å². The highest BCUT2D eigenvalue weighted by Crippen LogP contribution is 2.18. The molecule has 1 heteroatoms. The molecule has 0 amide bonds. The largest absolute Gasteiger partial charge is 0.396 e. The lowest BCUT2D eigenvalue weighted by molar-refractivity contribution is 0.295. The molecule has 0 heterocycles. The van der Waals surface area contributed by atoms with Crippen LogP contribution in [0.2, 0.25) is 0 Å². The van der Waals surface area contributed by atoms with Gasteiger partial charge in [-0.05, 0) is 36.6 Å². The molecule has 1 N–H and O–H groups in total. The molecule has 0 spiro atoms. The molecule has 0 saturated heterocycles. The van der Waals surface area contributed by atoms with Crippen LogP contribution in [-0.4, -0.2) is 11.7 Å². The third-order valence-electron chi connectivity index (χ3n) is 2.48. The maximum absolute atomic E-state index is 7.88. The van der Waals surface area contributed by atoms with Gasteiger partial charge in [0.25, 0.3) is 0 Å². The molecule has 16 heavy (non-hydrogen) atoms. The Labute approximate surface area is 97.7 Å². The van der Waals surface area contributed by atoms with Gasteiger partial charge in [0.1, 0.15) is 0 Å². The summed E-state index contributed by atoms with van der Waals surface area (Å²) in [6, 6.07) is 13.0. The molecular weight excluding hydrogens is 196 g/mol. The van der Waals surface area contributed by atoms with E-state index in [0.717, 1.165) is 6.42 Å². The van der Waals surface area contributed by atoms with Gasteiger partial charge >= 0.3 is 0 Å². The van der Waals surface area contributed by atoms with Gasteiger partial charge in [-0.2, -0.15) is 0 Å². The smallest absolute Gasteiger partial charge is 0.0428 e. The maximum atomic E-state index is 7.88. The minimum Gasteiger partial charge on any atom is -0.396 e. The molecule has 2 rings (SSSR count). The van der Waals surface area contributed by atoms with E-state index in [-0.39, 0.29) is 0 Å². The molecule has 0 aromatic heterocycles. The van der Waals surface area contributed by atoms with Crippen molar-refractivity contribution < 1.29 is 5.11 Å². The van der Waals surface area contributed by atoms with Gasteiger partial charge < -0.3 is 5.11 Å². The van der Waals surface area contributed by atoms with Crippen molar-refractivity contribution in [1.29, 1.82) is 0 Å². The lowest BCUT2D eigenvalue weighted by Crippen LogP contribution is -1.78. The summed E-state index contributed by atoms with van der Waals surface area (Å²) in [4.78, 5) is 0. The number of hydrogen-bond acceptors (Lipinski definition) is 1. The third kappa shape index (κ3) is 3.35. The van der Waals surface area contributed by atoms with Crippen LogP contribution in [0.5, 0.6) is 0 Å². The number of fused-ring (bicyclic) bond motifs is 1. The number of aryl methyl sites for hydroxylation is 2. The fourth-order valence-corrected chi connectivity index (χ4v) is 1.54. The number of hydrogen-bond donors (Lipinski definition) is 1. The Morgan fingerprint density at radius 1 is 1.06 bits per heavy atom. The highest BCUT2D eigenvalue weighted by Gasteiger charge is 1.95. The van der Waals surface area contributed by atoms with E-state index in [2.05, 4.69) is 50.2 Å². The third-order valence-corrected chi connectivity index (χ3v) is 2.48. The second-order valence-corrected chi connectivity index (χ2v) is 4.02. The second-order valence-electron chi connectivity index (χ2n) is 4.02. The second kappa shape index (κ2) is 6.29. The zero-order valence-corrected chi connectivity index (χ0v) is 10.3. The Bertz CT molecular complexity index is 444. The average molecular weight is 216 g/mol. The standard InChI is InChI=1S/C12H12.C3H8O/c1-9-6-7-11-5-3-4-10(2)12(11)8-9;1-2-3-4/h3-8H,1-2H3;4H,2-3H2,1H3. The van der Waals surface area contributed by atoms with Gasteiger partial charge in [-0.1, -0.05) is 48.9 Å². The highest BCUT2D eigenvalue weighted by molar-refractivity contribution is 5.86. The van der Waals surface area contributed by atoms with Crippen LogP contribution >= 0.6 is 0 Å². The SMILES string of the molecule is CCCO.Cc1ccc2cccc(C)c2c1. The lowest BCUT2D eigenvalue weighted by atomic mass is 10.0. The molecule has 0 fully saturated rings. The van der Waals surface area contributed by atoms with Gasteiger partial charge in [-0.25, -0.2) is 0 Å². The van der Waals surface area contributed by atoms with E-state index in [0.29, 0.717) is 6.61 Å². The molecule has 0 aliphatic rings. The summed E-state index contributed by atoms with van der Waals surface area (Å²) in [6.07, 6.45) is 0.875. The molecule has 1 nitrogen and oxygen atoms in total. The van der Waals surface area contributed by atoms with Gasteiger partial charge in [0, 0.05) is 6.61 Å². The Hall–Kier alpha value is -1.34. The van der Waals surface area contributed by atoms with Crippen LogP contribution in [0.15, 0.2) is 36.4 Å². The Morgan fingerprint density at radius 3 is 2.38 bits per heavy atom. The van der Waals surface area contributed by atoms with Gasteiger partial charge in [0.05, 0.1) is 0 Å². The molecule has 0 saturated carbocycles. The molecular formula is C15H20O. The minimum atomic E-state index is 0.319.